The molecule has 3 N–H and O–H groups in total. The number of ether oxygens (including phenoxy) is 1. The second-order valence-electron chi connectivity index (χ2n) is 5.54. The van der Waals surface area contributed by atoms with Crippen LogP contribution >= 0.6 is 11.3 Å². The number of β-amino-alcohol motifs (C(OH)–C–C–N with tert-alkyl or cyclic N) is 1. The van der Waals surface area contributed by atoms with Gasteiger partial charge in [-0.2, -0.15) is 0 Å². The van der Waals surface area contributed by atoms with Crippen LogP contribution in [-0.4, -0.2) is 43.2 Å². The number of hydrogen-bond donors (Lipinski definition) is 2. The lowest BCUT2D eigenvalue weighted by molar-refractivity contribution is 0.0603. The lowest BCUT2D eigenvalue weighted by Crippen LogP contribution is -2.22. The van der Waals surface area contributed by atoms with Crippen molar-refractivity contribution in [1.29, 1.82) is 0 Å². The number of thiophene rings is 1. The second kappa shape index (κ2) is 5.31. The van der Waals surface area contributed by atoms with Gasteiger partial charge in [0.25, 0.3) is 0 Å². The predicted octanol–water partition coefficient (Wildman–Crippen LogP) is 1.28. The zero-order valence-corrected chi connectivity index (χ0v) is 12.6. The number of anilines is 2. The Kier molecular flexibility index (Phi) is 3.62. The van der Waals surface area contributed by atoms with E-state index in [1.54, 1.807) is 0 Å². The first-order valence-corrected chi connectivity index (χ1v) is 7.82. The first kappa shape index (κ1) is 14.3. The van der Waals surface area contributed by atoms with Crippen molar-refractivity contribution in [2.75, 3.05) is 30.8 Å². The number of nitrogens with zero attached hydrogens (tertiary/aromatic N) is 1. The van der Waals surface area contributed by atoms with E-state index in [0.29, 0.717) is 29.4 Å². The number of methoxy groups -OCH3 is 1. The molecule has 2 heterocycles. The summed E-state index contributed by atoms with van der Waals surface area (Å²) in [5.41, 5.74) is 6.54. The van der Waals surface area contributed by atoms with Gasteiger partial charge in [0, 0.05) is 19.0 Å². The number of carbonyl (C=O) groups excluding carboxylic acids is 2. The molecule has 1 aromatic heterocycles. The normalized spacial score (nSPS) is 21.6. The number of rotatable bonds is 4. The minimum atomic E-state index is -0.532. The van der Waals surface area contributed by atoms with Crippen LogP contribution in [0.1, 0.15) is 39.3 Å². The largest absolute Gasteiger partial charge is 0.465 e. The van der Waals surface area contributed by atoms with Crippen molar-refractivity contribution in [3.8, 4) is 0 Å². The van der Waals surface area contributed by atoms with Crippen LogP contribution in [-0.2, 0) is 4.74 Å². The van der Waals surface area contributed by atoms with Gasteiger partial charge in [0.15, 0.2) is 5.78 Å². The molecular weight excluding hydrogens is 292 g/mol. The van der Waals surface area contributed by atoms with Crippen molar-refractivity contribution in [1.82, 2.24) is 0 Å². The number of nitrogens with two attached hydrogens (primary N) is 1. The highest BCUT2D eigenvalue weighted by atomic mass is 32.1. The summed E-state index contributed by atoms with van der Waals surface area (Å²) in [7, 11) is 1.30. The number of Topliss-reactive ketones (excluding diaryl/α,β-unsaturated/α-hetero) is 1. The maximum Gasteiger partial charge on any atom is 0.343 e. The maximum absolute atomic E-state index is 12.3. The van der Waals surface area contributed by atoms with Gasteiger partial charge in [0.2, 0.25) is 0 Å². The molecule has 2 aliphatic rings. The highest BCUT2D eigenvalue weighted by Crippen LogP contribution is 2.44. The summed E-state index contributed by atoms with van der Waals surface area (Å²) >= 11 is 1.24. The lowest BCUT2D eigenvalue weighted by atomic mass is 10.1. The molecule has 0 amide bonds. The Morgan fingerprint density at radius 1 is 1.38 bits per heavy atom. The molecule has 1 saturated heterocycles. The third-order valence-electron chi connectivity index (χ3n) is 3.94. The molecule has 0 aromatic carbocycles. The minimum absolute atomic E-state index is 0.0219. The van der Waals surface area contributed by atoms with Gasteiger partial charge in [-0.1, -0.05) is 0 Å². The molecule has 2 fully saturated rings. The van der Waals surface area contributed by atoms with Crippen LogP contribution < -0.4 is 10.6 Å². The summed E-state index contributed by atoms with van der Waals surface area (Å²) in [4.78, 5) is 26.7. The van der Waals surface area contributed by atoms with Crippen LogP contribution in [0.5, 0.6) is 0 Å². The molecule has 1 atom stereocenters. The van der Waals surface area contributed by atoms with E-state index in [1.807, 2.05) is 4.90 Å². The molecule has 0 bridgehead atoms. The van der Waals surface area contributed by atoms with Crippen LogP contribution in [0, 0.1) is 5.92 Å². The van der Waals surface area contributed by atoms with Crippen LogP contribution in [0.3, 0.4) is 0 Å². The van der Waals surface area contributed by atoms with Gasteiger partial charge < -0.3 is 20.5 Å². The Morgan fingerprint density at radius 2 is 2.10 bits per heavy atom. The van der Waals surface area contributed by atoms with E-state index in [0.717, 1.165) is 12.8 Å². The SMILES string of the molecule is COC(=O)c1c(N2CCC(O)C2)sc(C(=O)C2CC2)c1N. The van der Waals surface area contributed by atoms with Crippen molar-refractivity contribution in [3.63, 3.8) is 0 Å². The third kappa shape index (κ3) is 2.51. The number of aliphatic hydroxyl groups is 1. The first-order valence-electron chi connectivity index (χ1n) is 7.00. The van der Waals surface area contributed by atoms with Crippen LogP contribution in [0.2, 0.25) is 0 Å². The van der Waals surface area contributed by atoms with Gasteiger partial charge in [0.05, 0.1) is 23.8 Å². The van der Waals surface area contributed by atoms with E-state index in [1.165, 1.54) is 18.4 Å². The van der Waals surface area contributed by atoms with E-state index < -0.39 is 12.1 Å². The molecule has 0 radical (unpaired) electrons. The Bertz CT molecular complexity index is 594. The molecular formula is C14H18N2O4S. The Balaban J connectivity index is 2.02. The average molecular weight is 310 g/mol. The highest BCUT2D eigenvalue weighted by molar-refractivity contribution is 7.19. The fraction of sp³-hybridized carbons (Fsp3) is 0.571. The molecule has 114 valence electrons. The highest BCUT2D eigenvalue weighted by Gasteiger charge is 2.37. The average Bonchev–Trinajstić information content (AvgIpc) is 3.15. The number of hydrogen-bond acceptors (Lipinski definition) is 7. The molecule has 6 nitrogen and oxygen atoms in total. The zero-order chi connectivity index (χ0) is 15.1. The van der Waals surface area contributed by atoms with E-state index in [9.17, 15) is 14.7 Å². The van der Waals surface area contributed by atoms with E-state index in [2.05, 4.69) is 0 Å². The lowest BCUT2D eigenvalue weighted by Gasteiger charge is -2.16. The summed E-state index contributed by atoms with van der Waals surface area (Å²) < 4.78 is 4.80. The monoisotopic (exact) mass is 310 g/mol. The number of ketones is 1. The summed E-state index contributed by atoms with van der Waals surface area (Å²) in [6, 6.07) is 0. The van der Waals surface area contributed by atoms with Gasteiger partial charge in [-0.05, 0) is 19.3 Å². The van der Waals surface area contributed by atoms with E-state index in [-0.39, 0.29) is 23.0 Å². The molecule has 3 rings (SSSR count). The van der Waals surface area contributed by atoms with E-state index >= 15 is 0 Å². The number of nitrogen functional groups attached to an aromatic ring is 1. The van der Waals surface area contributed by atoms with Gasteiger partial charge >= 0.3 is 5.97 Å². The van der Waals surface area contributed by atoms with Gasteiger partial charge in [-0.15, -0.1) is 11.3 Å². The smallest absolute Gasteiger partial charge is 0.343 e. The Hall–Kier alpha value is -1.60. The van der Waals surface area contributed by atoms with Crippen molar-refractivity contribution < 1.29 is 19.4 Å². The quantitative estimate of drug-likeness (QED) is 0.643. The summed E-state index contributed by atoms with van der Waals surface area (Å²) in [5, 5.41) is 10.3. The fourth-order valence-electron chi connectivity index (χ4n) is 2.59. The zero-order valence-electron chi connectivity index (χ0n) is 11.8. The third-order valence-corrected chi connectivity index (χ3v) is 5.22. The van der Waals surface area contributed by atoms with Crippen LogP contribution in [0.25, 0.3) is 0 Å². The molecule has 0 spiro atoms. The summed E-state index contributed by atoms with van der Waals surface area (Å²) in [6.07, 6.45) is 2.01. The maximum atomic E-state index is 12.3. The molecule has 21 heavy (non-hydrogen) atoms. The summed E-state index contributed by atoms with van der Waals surface area (Å²) in [5.74, 6) is -0.461. The predicted molar refractivity (Wildman–Crippen MR) is 80.0 cm³/mol. The van der Waals surface area contributed by atoms with E-state index in [4.69, 9.17) is 10.5 Å². The van der Waals surface area contributed by atoms with Crippen LogP contribution in [0.4, 0.5) is 10.7 Å². The number of carbonyl (C=O) groups is 2. The van der Waals surface area contributed by atoms with Crippen molar-refractivity contribution in [2.24, 2.45) is 5.92 Å². The fourth-order valence-corrected chi connectivity index (χ4v) is 3.86. The molecule has 1 aliphatic heterocycles. The molecule has 1 aromatic rings. The standard InChI is InChI=1S/C14H18N2O4S/c1-20-14(19)9-10(15)12(11(18)7-2-3-7)21-13(9)16-5-4-8(17)6-16/h7-8,17H,2-6,15H2,1H3. The van der Waals surface area contributed by atoms with Gasteiger partial charge in [0.1, 0.15) is 10.6 Å². The summed E-state index contributed by atoms with van der Waals surface area (Å²) in [6.45, 7) is 1.09. The van der Waals surface area contributed by atoms with Crippen molar-refractivity contribution in [2.45, 2.75) is 25.4 Å². The molecule has 1 saturated carbocycles. The minimum Gasteiger partial charge on any atom is -0.465 e. The molecule has 7 heteroatoms. The van der Waals surface area contributed by atoms with Crippen molar-refractivity contribution in [3.05, 3.63) is 10.4 Å². The van der Waals surface area contributed by atoms with Gasteiger partial charge in [-0.3, -0.25) is 4.79 Å². The van der Waals surface area contributed by atoms with Gasteiger partial charge in [-0.25, -0.2) is 4.79 Å². The second-order valence-corrected chi connectivity index (χ2v) is 6.54. The number of aliphatic hydroxyl groups excluding tert-OH is 1. The first-order chi connectivity index (χ1) is 10.0. The van der Waals surface area contributed by atoms with Crippen LogP contribution in [0.15, 0.2) is 0 Å². The Labute approximate surface area is 126 Å². The molecule has 1 unspecified atom stereocenters. The van der Waals surface area contributed by atoms with Crippen molar-refractivity contribution >= 4 is 33.8 Å². The Morgan fingerprint density at radius 3 is 2.62 bits per heavy atom. The molecule has 1 aliphatic carbocycles. The topological polar surface area (TPSA) is 92.9 Å². The number of esters is 1.